The number of aliphatic hydroxyl groups excluding tert-OH is 1. The number of imidazole rings is 1. The van der Waals surface area contributed by atoms with Crippen LogP contribution in [0.2, 0.25) is 0 Å². The lowest BCUT2D eigenvalue weighted by Crippen LogP contribution is -2.44. The highest BCUT2D eigenvalue weighted by atomic mass is 16.3. The monoisotopic (exact) mass is 303 g/mol. The van der Waals surface area contributed by atoms with Crippen molar-refractivity contribution < 1.29 is 5.11 Å². The van der Waals surface area contributed by atoms with Crippen LogP contribution in [0, 0.1) is 19.8 Å². The lowest BCUT2D eigenvalue weighted by atomic mass is 9.98. The van der Waals surface area contributed by atoms with Gasteiger partial charge >= 0.3 is 0 Å². The summed E-state index contributed by atoms with van der Waals surface area (Å²) < 4.78 is 1.98. The Labute approximate surface area is 131 Å². The summed E-state index contributed by atoms with van der Waals surface area (Å²) in [7, 11) is 1.84. The Hall–Kier alpha value is -1.66. The number of aryl methyl sites for hydroxylation is 2. The number of nitrogens with zero attached hydrogens (tertiary/aromatic N) is 3. The molecule has 22 heavy (non-hydrogen) atoms. The third kappa shape index (κ3) is 2.57. The van der Waals surface area contributed by atoms with E-state index in [1.807, 2.05) is 31.5 Å². The lowest BCUT2D eigenvalue weighted by molar-refractivity contribution is 0.0910. The van der Waals surface area contributed by atoms with E-state index in [0.29, 0.717) is 17.3 Å². The van der Waals surface area contributed by atoms with Crippen molar-refractivity contribution in [1.82, 2.24) is 19.7 Å². The number of nitrogens with one attached hydrogen (secondary N) is 2. The Morgan fingerprint density at radius 3 is 2.59 bits per heavy atom. The van der Waals surface area contributed by atoms with Crippen molar-refractivity contribution in [2.75, 3.05) is 12.4 Å². The van der Waals surface area contributed by atoms with Gasteiger partial charge in [0.25, 0.3) is 0 Å². The van der Waals surface area contributed by atoms with Gasteiger partial charge in [-0.05, 0) is 46.5 Å². The van der Waals surface area contributed by atoms with E-state index < -0.39 is 6.23 Å². The summed E-state index contributed by atoms with van der Waals surface area (Å²) in [5.74, 6) is 1.37. The first-order valence-electron chi connectivity index (χ1n) is 7.83. The number of hydrogen-bond acceptors (Lipinski definition) is 5. The lowest BCUT2D eigenvalue weighted by Gasteiger charge is -2.29. The maximum absolute atomic E-state index is 10.7. The van der Waals surface area contributed by atoms with Crippen LogP contribution in [0.15, 0.2) is 6.20 Å². The van der Waals surface area contributed by atoms with Crippen molar-refractivity contribution in [2.24, 2.45) is 5.92 Å². The van der Waals surface area contributed by atoms with Crippen LogP contribution in [0.25, 0.3) is 5.65 Å². The van der Waals surface area contributed by atoms with E-state index in [0.717, 1.165) is 17.2 Å². The van der Waals surface area contributed by atoms with Gasteiger partial charge in [-0.2, -0.15) is 0 Å². The summed E-state index contributed by atoms with van der Waals surface area (Å²) in [6.07, 6.45) is 3.56. The quantitative estimate of drug-likeness (QED) is 0.738. The molecule has 1 aliphatic carbocycles. The first-order chi connectivity index (χ1) is 10.3. The summed E-state index contributed by atoms with van der Waals surface area (Å²) >= 11 is 0. The highest BCUT2D eigenvalue weighted by Gasteiger charge is 2.39. The largest absolute Gasteiger partial charge is 0.372 e. The van der Waals surface area contributed by atoms with Crippen LogP contribution in [0.5, 0.6) is 0 Å². The molecule has 0 radical (unpaired) electrons. The van der Waals surface area contributed by atoms with Crippen molar-refractivity contribution in [3.8, 4) is 0 Å². The molecule has 0 aromatic carbocycles. The van der Waals surface area contributed by atoms with Gasteiger partial charge in [-0.25, -0.2) is 9.97 Å². The number of aliphatic hydroxyl groups is 1. The average molecular weight is 303 g/mol. The van der Waals surface area contributed by atoms with Crippen LogP contribution in [-0.2, 0) is 0 Å². The van der Waals surface area contributed by atoms with Gasteiger partial charge < -0.3 is 10.4 Å². The second-order valence-electron chi connectivity index (χ2n) is 6.80. The van der Waals surface area contributed by atoms with E-state index in [1.165, 1.54) is 12.8 Å². The minimum Gasteiger partial charge on any atom is -0.372 e. The van der Waals surface area contributed by atoms with Crippen molar-refractivity contribution in [3.05, 3.63) is 23.3 Å². The van der Waals surface area contributed by atoms with Crippen LogP contribution in [0.1, 0.15) is 50.0 Å². The number of rotatable bonds is 5. The zero-order chi connectivity index (χ0) is 16.1. The molecule has 2 aromatic heterocycles. The number of aromatic nitrogens is 3. The standard InChI is InChI=1S/C16H25N5O/c1-9-8-21-10(2)13(17-5)19-12(14(21)18-9)15(22)20-16(3,4)11-6-7-11/h8,11,15,17,20,22H,6-7H2,1-5H3. The van der Waals surface area contributed by atoms with Crippen LogP contribution >= 0.6 is 0 Å². The molecule has 0 spiro atoms. The van der Waals surface area contributed by atoms with Gasteiger partial charge in [-0.3, -0.25) is 9.72 Å². The molecule has 1 aliphatic rings. The fourth-order valence-corrected chi connectivity index (χ4v) is 3.06. The maximum Gasteiger partial charge on any atom is 0.163 e. The second-order valence-corrected chi connectivity index (χ2v) is 6.80. The summed E-state index contributed by atoms with van der Waals surface area (Å²) in [4.78, 5) is 9.12. The Balaban J connectivity index is 2.03. The van der Waals surface area contributed by atoms with Gasteiger partial charge in [0.1, 0.15) is 11.5 Å². The summed E-state index contributed by atoms with van der Waals surface area (Å²) in [6.45, 7) is 8.21. The minimum absolute atomic E-state index is 0.107. The summed E-state index contributed by atoms with van der Waals surface area (Å²) in [5, 5.41) is 17.1. The van der Waals surface area contributed by atoms with Gasteiger partial charge in [-0.15, -0.1) is 0 Å². The zero-order valence-electron chi connectivity index (χ0n) is 13.9. The SMILES string of the molecule is CNc1nc(C(O)NC(C)(C)C2CC2)c2nc(C)cn2c1C. The molecule has 0 aliphatic heterocycles. The molecule has 1 fully saturated rings. The Morgan fingerprint density at radius 2 is 2.00 bits per heavy atom. The summed E-state index contributed by atoms with van der Waals surface area (Å²) in [6, 6.07) is 0. The Kier molecular flexibility index (Phi) is 3.61. The van der Waals surface area contributed by atoms with Crippen LogP contribution in [0.3, 0.4) is 0 Å². The van der Waals surface area contributed by atoms with E-state index in [2.05, 4.69) is 34.4 Å². The molecule has 1 unspecified atom stereocenters. The topological polar surface area (TPSA) is 74.5 Å². The molecule has 2 heterocycles. The molecule has 6 heteroatoms. The van der Waals surface area contributed by atoms with Gasteiger partial charge in [0.2, 0.25) is 0 Å². The van der Waals surface area contributed by atoms with Crippen molar-refractivity contribution in [3.63, 3.8) is 0 Å². The minimum atomic E-state index is -0.840. The molecule has 1 atom stereocenters. The highest BCUT2D eigenvalue weighted by molar-refractivity contribution is 5.54. The third-order valence-corrected chi connectivity index (χ3v) is 4.59. The van der Waals surface area contributed by atoms with E-state index >= 15 is 0 Å². The zero-order valence-corrected chi connectivity index (χ0v) is 13.9. The fraction of sp³-hybridized carbons (Fsp3) is 0.625. The first kappa shape index (κ1) is 15.2. The van der Waals surface area contributed by atoms with Crippen molar-refractivity contribution in [2.45, 2.75) is 52.3 Å². The van der Waals surface area contributed by atoms with Gasteiger partial charge in [0, 0.05) is 18.8 Å². The number of hydrogen-bond donors (Lipinski definition) is 3. The summed E-state index contributed by atoms with van der Waals surface area (Å²) in [5.41, 5.74) is 3.06. The molecule has 3 N–H and O–H groups in total. The third-order valence-electron chi connectivity index (χ3n) is 4.59. The van der Waals surface area contributed by atoms with E-state index in [-0.39, 0.29) is 5.54 Å². The van der Waals surface area contributed by atoms with E-state index in [9.17, 15) is 5.11 Å². The average Bonchev–Trinajstić information content (AvgIpc) is 3.22. The van der Waals surface area contributed by atoms with Gasteiger partial charge in [0.05, 0.1) is 11.4 Å². The Morgan fingerprint density at radius 1 is 1.32 bits per heavy atom. The molecular formula is C16H25N5O. The molecule has 0 amide bonds. The molecule has 0 saturated heterocycles. The van der Waals surface area contributed by atoms with Gasteiger partial charge in [-0.1, -0.05) is 0 Å². The normalized spacial score (nSPS) is 17.0. The maximum atomic E-state index is 10.7. The smallest absolute Gasteiger partial charge is 0.163 e. The molecule has 6 nitrogen and oxygen atoms in total. The van der Waals surface area contributed by atoms with E-state index in [1.54, 1.807) is 0 Å². The van der Waals surface area contributed by atoms with Crippen LogP contribution in [0.4, 0.5) is 5.82 Å². The van der Waals surface area contributed by atoms with Gasteiger partial charge in [0.15, 0.2) is 11.9 Å². The van der Waals surface area contributed by atoms with Crippen molar-refractivity contribution in [1.29, 1.82) is 0 Å². The predicted octanol–water partition coefficient (Wildman–Crippen LogP) is 2.16. The molecule has 2 aromatic rings. The van der Waals surface area contributed by atoms with Crippen LogP contribution in [-0.4, -0.2) is 32.1 Å². The number of anilines is 1. The van der Waals surface area contributed by atoms with Crippen molar-refractivity contribution >= 4 is 11.5 Å². The second kappa shape index (κ2) is 5.21. The molecule has 0 bridgehead atoms. The predicted molar refractivity (Wildman–Crippen MR) is 86.9 cm³/mol. The molecule has 3 rings (SSSR count). The fourth-order valence-electron chi connectivity index (χ4n) is 3.06. The molecule has 120 valence electrons. The Bertz CT molecular complexity index is 702. The first-order valence-corrected chi connectivity index (χ1v) is 7.83. The highest BCUT2D eigenvalue weighted by Crippen LogP contribution is 2.40. The molecule has 1 saturated carbocycles. The van der Waals surface area contributed by atoms with E-state index in [4.69, 9.17) is 0 Å². The number of fused-ring (bicyclic) bond motifs is 1. The molecular weight excluding hydrogens is 278 g/mol. The van der Waals surface area contributed by atoms with Crippen LogP contribution < -0.4 is 10.6 Å².